The van der Waals surface area contributed by atoms with Crippen LogP contribution in [0.5, 0.6) is 5.75 Å². The molecule has 4 heteroatoms. The van der Waals surface area contributed by atoms with Crippen molar-refractivity contribution in [2.75, 3.05) is 0 Å². The molecule has 1 aliphatic rings. The number of hydrogen-bond donors (Lipinski definition) is 1. The van der Waals surface area contributed by atoms with Gasteiger partial charge in [0.15, 0.2) is 0 Å². The van der Waals surface area contributed by atoms with Crippen molar-refractivity contribution < 1.29 is 4.74 Å². The quantitative estimate of drug-likeness (QED) is 0.860. The van der Waals surface area contributed by atoms with E-state index in [0.29, 0.717) is 6.04 Å². The molecule has 2 rings (SSSR count). The summed E-state index contributed by atoms with van der Waals surface area (Å²) in [5, 5.41) is 0. The average molecular weight is 243 g/mol. The highest BCUT2D eigenvalue weighted by molar-refractivity contribution is 9.10. The SMILES string of the molecule is NC1CC(Oc2ccncc2Br)C1. The van der Waals surface area contributed by atoms with Crippen LogP contribution in [0.4, 0.5) is 0 Å². The summed E-state index contributed by atoms with van der Waals surface area (Å²) >= 11 is 3.37. The number of nitrogens with two attached hydrogens (primary N) is 1. The van der Waals surface area contributed by atoms with E-state index in [2.05, 4.69) is 20.9 Å². The fraction of sp³-hybridized carbons (Fsp3) is 0.444. The molecule has 3 nitrogen and oxygen atoms in total. The predicted octanol–water partition coefficient (Wildman–Crippen LogP) is 1.71. The molecule has 0 amide bonds. The highest BCUT2D eigenvalue weighted by Gasteiger charge is 2.27. The van der Waals surface area contributed by atoms with E-state index in [-0.39, 0.29) is 6.10 Å². The molecule has 13 heavy (non-hydrogen) atoms. The molecule has 0 bridgehead atoms. The third-order valence-electron chi connectivity index (χ3n) is 2.16. The van der Waals surface area contributed by atoms with Crippen LogP contribution in [0.15, 0.2) is 22.9 Å². The lowest BCUT2D eigenvalue weighted by Crippen LogP contribution is -2.43. The molecule has 0 spiro atoms. The van der Waals surface area contributed by atoms with Crippen LogP contribution in [-0.2, 0) is 0 Å². The van der Waals surface area contributed by atoms with Crippen molar-refractivity contribution in [3.63, 3.8) is 0 Å². The standard InChI is InChI=1S/C9H11BrN2O/c10-8-5-12-2-1-9(8)13-7-3-6(11)4-7/h1-2,5-7H,3-4,11H2. The van der Waals surface area contributed by atoms with Crippen molar-refractivity contribution in [3.05, 3.63) is 22.9 Å². The Balaban J connectivity index is 1.98. The summed E-state index contributed by atoms with van der Waals surface area (Å²) in [6.07, 6.45) is 5.64. The Kier molecular flexibility index (Phi) is 2.51. The van der Waals surface area contributed by atoms with E-state index in [1.165, 1.54) is 0 Å². The second kappa shape index (κ2) is 3.64. The lowest BCUT2D eigenvalue weighted by atomic mass is 9.90. The largest absolute Gasteiger partial charge is 0.489 e. The first-order valence-corrected chi connectivity index (χ1v) is 5.07. The molecule has 0 saturated heterocycles. The van der Waals surface area contributed by atoms with Gasteiger partial charge in [-0.1, -0.05) is 0 Å². The highest BCUT2D eigenvalue weighted by atomic mass is 79.9. The Morgan fingerprint density at radius 2 is 2.31 bits per heavy atom. The third kappa shape index (κ3) is 2.00. The Morgan fingerprint density at radius 1 is 1.54 bits per heavy atom. The van der Waals surface area contributed by atoms with Gasteiger partial charge in [-0.25, -0.2) is 0 Å². The Bertz CT molecular complexity index is 299. The highest BCUT2D eigenvalue weighted by Crippen LogP contribution is 2.29. The topological polar surface area (TPSA) is 48.1 Å². The van der Waals surface area contributed by atoms with Crippen molar-refractivity contribution in [3.8, 4) is 5.75 Å². The maximum Gasteiger partial charge on any atom is 0.136 e. The second-order valence-electron chi connectivity index (χ2n) is 3.28. The molecule has 1 aromatic rings. The number of hydrogen-bond acceptors (Lipinski definition) is 3. The summed E-state index contributed by atoms with van der Waals surface area (Å²) in [5.41, 5.74) is 5.66. The van der Waals surface area contributed by atoms with Crippen molar-refractivity contribution in [1.29, 1.82) is 0 Å². The molecule has 1 aliphatic carbocycles. The number of aromatic nitrogens is 1. The minimum absolute atomic E-state index is 0.286. The zero-order valence-corrected chi connectivity index (χ0v) is 8.70. The van der Waals surface area contributed by atoms with E-state index in [4.69, 9.17) is 10.5 Å². The summed E-state index contributed by atoms with van der Waals surface area (Å²) in [5.74, 6) is 0.854. The Hall–Kier alpha value is -0.610. The van der Waals surface area contributed by atoms with Gasteiger partial charge in [0.1, 0.15) is 11.9 Å². The molecular formula is C9H11BrN2O. The molecule has 0 radical (unpaired) electrons. The van der Waals surface area contributed by atoms with E-state index in [1.807, 2.05) is 6.07 Å². The van der Waals surface area contributed by atoms with Gasteiger partial charge in [0.2, 0.25) is 0 Å². The summed E-state index contributed by atoms with van der Waals surface area (Å²) in [4.78, 5) is 3.96. The minimum atomic E-state index is 0.286. The van der Waals surface area contributed by atoms with Crippen molar-refractivity contribution in [2.24, 2.45) is 5.73 Å². The molecule has 1 fully saturated rings. The van der Waals surface area contributed by atoms with E-state index in [9.17, 15) is 0 Å². The summed E-state index contributed by atoms with van der Waals surface area (Å²) < 4.78 is 6.58. The summed E-state index contributed by atoms with van der Waals surface area (Å²) in [6.45, 7) is 0. The molecule has 0 aromatic carbocycles. The predicted molar refractivity (Wildman–Crippen MR) is 53.6 cm³/mol. The van der Waals surface area contributed by atoms with Crippen molar-refractivity contribution >= 4 is 15.9 Å². The molecule has 0 atom stereocenters. The molecule has 1 saturated carbocycles. The maximum absolute atomic E-state index is 5.68. The normalized spacial score (nSPS) is 26.6. The first kappa shape index (κ1) is 8.97. The van der Waals surface area contributed by atoms with E-state index < -0.39 is 0 Å². The van der Waals surface area contributed by atoms with Crippen LogP contribution in [0.1, 0.15) is 12.8 Å². The van der Waals surface area contributed by atoms with Gasteiger partial charge in [-0.15, -0.1) is 0 Å². The van der Waals surface area contributed by atoms with Gasteiger partial charge in [-0.05, 0) is 34.8 Å². The van der Waals surface area contributed by atoms with E-state index >= 15 is 0 Å². The first-order valence-electron chi connectivity index (χ1n) is 4.27. The lowest BCUT2D eigenvalue weighted by molar-refractivity contribution is 0.0999. The molecular weight excluding hydrogens is 232 g/mol. The van der Waals surface area contributed by atoms with Crippen LogP contribution in [0, 0.1) is 0 Å². The monoisotopic (exact) mass is 242 g/mol. The summed E-state index contributed by atoms with van der Waals surface area (Å²) in [6, 6.07) is 2.18. The fourth-order valence-electron chi connectivity index (χ4n) is 1.34. The maximum atomic E-state index is 5.68. The zero-order chi connectivity index (χ0) is 9.26. The van der Waals surface area contributed by atoms with Crippen LogP contribution in [0.25, 0.3) is 0 Å². The second-order valence-corrected chi connectivity index (χ2v) is 4.13. The van der Waals surface area contributed by atoms with Gasteiger partial charge in [0, 0.05) is 18.4 Å². The minimum Gasteiger partial charge on any atom is -0.489 e. The Morgan fingerprint density at radius 3 is 2.92 bits per heavy atom. The molecule has 2 N–H and O–H groups in total. The fourth-order valence-corrected chi connectivity index (χ4v) is 1.68. The van der Waals surface area contributed by atoms with Crippen LogP contribution in [0.3, 0.4) is 0 Å². The number of ether oxygens (including phenoxy) is 1. The summed E-state index contributed by atoms with van der Waals surface area (Å²) in [7, 11) is 0. The lowest BCUT2D eigenvalue weighted by Gasteiger charge is -2.32. The molecule has 1 heterocycles. The third-order valence-corrected chi connectivity index (χ3v) is 2.76. The van der Waals surface area contributed by atoms with Gasteiger partial charge >= 0.3 is 0 Å². The van der Waals surface area contributed by atoms with Gasteiger partial charge in [-0.2, -0.15) is 0 Å². The number of rotatable bonds is 2. The van der Waals surface area contributed by atoms with Crippen molar-refractivity contribution in [1.82, 2.24) is 4.98 Å². The smallest absolute Gasteiger partial charge is 0.136 e. The van der Waals surface area contributed by atoms with Gasteiger partial charge in [0.25, 0.3) is 0 Å². The molecule has 0 aliphatic heterocycles. The number of halogens is 1. The average Bonchev–Trinajstić information content (AvgIpc) is 2.06. The van der Waals surface area contributed by atoms with Crippen molar-refractivity contribution in [2.45, 2.75) is 25.0 Å². The van der Waals surface area contributed by atoms with Gasteiger partial charge in [-0.3, -0.25) is 4.98 Å². The van der Waals surface area contributed by atoms with Crippen LogP contribution in [-0.4, -0.2) is 17.1 Å². The van der Waals surface area contributed by atoms with Crippen LogP contribution in [0.2, 0.25) is 0 Å². The number of nitrogens with zero attached hydrogens (tertiary/aromatic N) is 1. The number of pyridine rings is 1. The molecule has 1 aromatic heterocycles. The van der Waals surface area contributed by atoms with E-state index in [1.54, 1.807) is 12.4 Å². The Labute approximate surface area is 85.4 Å². The van der Waals surface area contributed by atoms with E-state index in [0.717, 1.165) is 23.1 Å². The van der Waals surface area contributed by atoms with Crippen LogP contribution >= 0.6 is 15.9 Å². The van der Waals surface area contributed by atoms with Gasteiger partial charge < -0.3 is 10.5 Å². The first-order chi connectivity index (χ1) is 6.25. The van der Waals surface area contributed by atoms with Gasteiger partial charge in [0.05, 0.1) is 4.47 Å². The molecule has 70 valence electrons. The zero-order valence-electron chi connectivity index (χ0n) is 7.11. The molecule has 0 unspecified atom stereocenters. The van der Waals surface area contributed by atoms with Crippen LogP contribution < -0.4 is 10.5 Å².